The smallest absolute Gasteiger partial charge is 0.352 e. The Morgan fingerprint density at radius 1 is 1.09 bits per heavy atom. The third-order valence-electron chi connectivity index (χ3n) is 3.00. The van der Waals surface area contributed by atoms with Crippen LogP contribution < -0.4 is 10.1 Å². The highest BCUT2D eigenvalue weighted by Crippen LogP contribution is 2.17. The monoisotopic (exact) mass is 375 g/mol. The Bertz CT molecular complexity index is 736. The SMILES string of the molecule is COc1ccc(N/C(=C\C(=O)c2ccc(Br)cc2)C(=O)O)cc1. The first-order chi connectivity index (χ1) is 11.0. The molecule has 6 heteroatoms. The highest BCUT2D eigenvalue weighted by atomic mass is 79.9. The number of halogens is 1. The van der Waals surface area contributed by atoms with E-state index < -0.39 is 11.8 Å². The van der Waals surface area contributed by atoms with Gasteiger partial charge in [-0.25, -0.2) is 4.79 Å². The minimum absolute atomic E-state index is 0.205. The number of rotatable bonds is 6. The number of carbonyl (C=O) groups excluding carboxylic acids is 1. The normalized spacial score (nSPS) is 11.0. The van der Waals surface area contributed by atoms with Crippen molar-refractivity contribution in [3.05, 3.63) is 70.3 Å². The van der Waals surface area contributed by atoms with E-state index in [1.807, 2.05) is 0 Å². The van der Waals surface area contributed by atoms with Crippen molar-refractivity contribution >= 4 is 33.4 Å². The molecule has 0 amide bonds. The van der Waals surface area contributed by atoms with Crippen molar-refractivity contribution in [3.8, 4) is 5.75 Å². The summed E-state index contributed by atoms with van der Waals surface area (Å²) in [6, 6.07) is 13.4. The number of aliphatic carboxylic acids is 1. The summed E-state index contributed by atoms with van der Waals surface area (Å²) in [4.78, 5) is 23.5. The Morgan fingerprint density at radius 3 is 2.22 bits per heavy atom. The molecule has 0 spiro atoms. The lowest BCUT2D eigenvalue weighted by Crippen LogP contribution is -2.13. The number of anilines is 1. The molecule has 0 aliphatic rings. The van der Waals surface area contributed by atoms with Crippen molar-refractivity contribution < 1.29 is 19.4 Å². The van der Waals surface area contributed by atoms with Gasteiger partial charge in [0.1, 0.15) is 11.4 Å². The van der Waals surface area contributed by atoms with Crippen LogP contribution in [0, 0.1) is 0 Å². The largest absolute Gasteiger partial charge is 0.497 e. The molecule has 2 aromatic carbocycles. The molecule has 2 rings (SSSR count). The maximum atomic E-state index is 12.1. The van der Waals surface area contributed by atoms with Crippen LogP contribution in [0.2, 0.25) is 0 Å². The third-order valence-corrected chi connectivity index (χ3v) is 3.53. The average Bonchev–Trinajstić information content (AvgIpc) is 2.55. The van der Waals surface area contributed by atoms with Crippen molar-refractivity contribution in [1.29, 1.82) is 0 Å². The number of allylic oxidation sites excluding steroid dienone is 1. The minimum Gasteiger partial charge on any atom is -0.497 e. The summed E-state index contributed by atoms with van der Waals surface area (Å²) in [6.45, 7) is 0. The molecule has 2 N–H and O–H groups in total. The van der Waals surface area contributed by atoms with Gasteiger partial charge in [0.05, 0.1) is 7.11 Å². The molecule has 23 heavy (non-hydrogen) atoms. The fraction of sp³-hybridized carbons (Fsp3) is 0.0588. The van der Waals surface area contributed by atoms with E-state index >= 15 is 0 Å². The first-order valence-corrected chi connectivity index (χ1v) is 7.45. The second-order valence-electron chi connectivity index (χ2n) is 4.59. The molecule has 5 nitrogen and oxygen atoms in total. The van der Waals surface area contributed by atoms with Crippen LogP contribution >= 0.6 is 15.9 Å². The van der Waals surface area contributed by atoms with Crippen LogP contribution in [0.5, 0.6) is 5.75 Å². The van der Waals surface area contributed by atoms with Gasteiger partial charge in [-0.1, -0.05) is 15.9 Å². The molecule has 0 heterocycles. The lowest BCUT2D eigenvalue weighted by atomic mass is 10.1. The standard InChI is InChI=1S/C17H14BrNO4/c1-23-14-8-6-13(7-9-14)19-15(17(21)22)10-16(20)11-2-4-12(18)5-3-11/h2-10,19H,1H3,(H,21,22)/b15-10-. The number of methoxy groups -OCH3 is 1. The van der Waals surface area contributed by atoms with Crippen LogP contribution in [0.3, 0.4) is 0 Å². The van der Waals surface area contributed by atoms with Crippen LogP contribution in [0.4, 0.5) is 5.69 Å². The Kier molecular flexibility index (Phi) is 5.54. The molecule has 0 aliphatic heterocycles. The second kappa shape index (κ2) is 7.60. The predicted octanol–water partition coefficient (Wildman–Crippen LogP) is 3.72. The molecule has 0 aromatic heterocycles. The number of ether oxygens (including phenoxy) is 1. The predicted molar refractivity (Wildman–Crippen MR) is 90.8 cm³/mol. The zero-order valence-electron chi connectivity index (χ0n) is 12.2. The summed E-state index contributed by atoms with van der Waals surface area (Å²) in [5.41, 5.74) is 0.745. The van der Waals surface area contributed by atoms with Crippen LogP contribution in [-0.4, -0.2) is 24.0 Å². The molecule has 0 atom stereocenters. The summed E-state index contributed by atoms with van der Waals surface area (Å²) in [5.74, 6) is -0.954. The molecule has 0 bridgehead atoms. The zero-order valence-corrected chi connectivity index (χ0v) is 13.8. The van der Waals surface area contributed by atoms with Gasteiger partial charge in [0.25, 0.3) is 0 Å². The van der Waals surface area contributed by atoms with Crippen LogP contribution in [0.15, 0.2) is 64.8 Å². The zero-order chi connectivity index (χ0) is 16.8. The quantitative estimate of drug-likeness (QED) is 0.594. The van der Waals surface area contributed by atoms with Gasteiger partial charge in [-0.2, -0.15) is 0 Å². The van der Waals surface area contributed by atoms with Crippen molar-refractivity contribution in [2.75, 3.05) is 12.4 Å². The van der Waals surface area contributed by atoms with E-state index in [-0.39, 0.29) is 5.70 Å². The first kappa shape index (κ1) is 16.8. The van der Waals surface area contributed by atoms with Gasteiger partial charge in [0.15, 0.2) is 5.78 Å². The third kappa shape index (κ3) is 4.69. The maximum Gasteiger partial charge on any atom is 0.352 e. The molecular weight excluding hydrogens is 362 g/mol. The Labute approximate surface area is 141 Å². The molecule has 2 aromatic rings. The van der Waals surface area contributed by atoms with Crippen molar-refractivity contribution in [2.24, 2.45) is 0 Å². The van der Waals surface area contributed by atoms with E-state index in [0.717, 1.165) is 10.5 Å². The topological polar surface area (TPSA) is 75.6 Å². The van der Waals surface area contributed by atoms with Crippen molar-refractivity contribution in [2.45, 2.75) is 0 Å². The van der Waals surface area contributed by atoms with Crippen LogP contribution in [0.1, 0.15) is 10.4 Å². The minimum atomic E-state index is -1.22. The van der Waals surface area contributed by atoms with Gasteiger partial charge in [-0.15, -0.1) is 0 Å². The van der Waals surface area contributed by atoms with Gasteiger partial charge in [-0.3, -0.25) is 4.79 Å². The Balaban J connectivity index is 2.21. The summed E-state index contributed by atoms with van der Waals surface area (Å²) in [7, 11) is 1.54. The Hall–Kier alpha value is -2.60. The highest BCUT2D eigenvalue weighted by molar-refractivity contribution is 9.10. The number of carboxylic acid groups (broad SMARTS) is 1. The van der Waals surface area contributed by atoms with Gasteiger partial charge in [0.2, 0.25) is 0 Å². The maximum absolute atomic E-state index is 12.1. The van der Waals surface area contributed by atoms with Gasteiger partial charge >= 0.3 is 5.97 Å². The summed E-state index contributed by atoms with van der Waals surface area (Å²) < 4.78 is 5.88. The summed E-state index contributed by atoms with van der Waals surface area (Å²) in [6.07, 6.45) is 1.07. The molecule has 0 unspecified atom stereocenters. The lowest BCUT2D eigenvalue weighted by Gasteiger charge is -2.08. The van der Waals surface area contributed by atoms with Gasteiger partial charge in [0, 0.05) is 21.8 Å². The number of benzene rings is 2. The van der Waals surface area contributed by atoms with E-state index in [2.05, 4.69) is 21.2 Å². The molecule has 0 aliphatic carbocycles. The van der Waals surface area contributed by atoms with E-state index in [1.54, 1.807) is 55.6 Å². The van der Waals surface area contributed by atoms with Gasteiger partial charge < -0.3 is 15.2 Å². The molecule has 0 saturated heterocycles. The highest BCUT2D eigenvalue weighted by Gasteiger charge is 2.12. The molecule has 0 fully saturated rings. The summed E-state index contributed by atoms with van der Waals surface area (Å²) >= 11 is 3.28. The average molecular weight is 376 g/mol. The number of hydrogen-bond acceptors (Lipinski definition) is 4. The second-order valence-corrected chi connectivity index (χ2v) is 5.50. The molecule has 0 radical (unpaired) electrons. The van der Waals surface area contributed by atoms with Crippen LogP contribution in [0.25, 0.3) is 0 Å². The summed E-state index contributed by atoms with van der Waals surface area (Å²) in [5, 5.41) is 12.0. The van der Waals surface area contributed by atoms with E-state index in [4.69, 9.17) is 4.74 Å². The van der Waals surface area contributed by atoms with Gasteiger partial charge in [-0.05, 0) is 48.5 Å². The number of ketones is 1. The molecule has 118 valence electrons. The number of carbonyl (C=O) groups is 2. The number of nitrogens with one attached hydrogen (secondary N) is 1. The number of carboxylic acids is 1. The Morgan fingerprint density at radius 2 is 1.70 bits per heavy atom. The van der Waals surface area contributed by atoms with Crippen molar-refractivity contribution in [1.82, 2.24) is 0 Å². The first-order valence-electron chi connectivity index (χ1n) is 6.65. The molecule has 0 saturated carbocycles. The molecular formula is C17H14BrNO4. The van der Waals surface area contributed by atoms with E-state index in [9.17, 15) is 14.7 Å². The fourth-order valence-corrected chi connectivity index (χ4v) is 2.07. The van der Waals surface area contributed by atoms with Crippen LogP contribution in [-0.2, 0) is 4.79 Å². The lowest BCUT2D eigenvalue weighted by molar-refractivity contribution is -0.132. The van der Waals surface area contributed by atoms with E-state index in [0.29, 0.717) is 17.0 Å². The number of hydrogen-bond donors (Lipinski definition) is 2. The van der Waals surface area contributed by atoms with E-state index in [1.165, 1.54) is 0 Å². The fourth-order valence-electron chi connectivity index (χ4n) is 1.81. The van der Waals surface area contributed by atoms with Crippen molar-refractivity contribution in [3.63, 3.8) is 0 Å².